The molecule has 0 aromatic heterocycles. The van der Waals surface area contributed by atoms with Crippen molar-refractivity contribution in [3.05, 3.63) is 23.8 Å². The summed E-state index contributed by atoms with van der Waals surface area (Å²) >= 11 is 0. The molecule has 1 aromatic carbocycles. The Bertz CT molecular complexity index is 586. The first-order valence-corrected chi connectivity index (χ1v) is 7.89. The highest BCUT2D eigenvalue weighted by atomic mass is 16.5. The third-order valence-electron chi connectivity index (χ3n) is 4.01. The van der Waals surface area contributed by atoms with Crippen LogP contribution in [0.25, 0.3) is 0 Å². The first-order chi connectivity index (χ1) is 11.0. The average Bonchev–Trinajstić information content (AvgIpc) is 2.91. The number of aliphatic carboxylic acids is 1. The quantitative estimate of drug-likeness (QED) is 0.870. The molecule has 1 aliphatic rings. The third kappa shape index (κ3) is 3.75. The molecular formula is C17H23NO5. The molecule has 0 radical (unpaired) electrons. The van der Waals surface area contributed by atoms with Gasteiger partial charge in [0, 0.05) is 18.7 Å². The van der Waals surface area contributed by atoms with Gasteiger partial charge < -0.3 is 19.5 Å². The van der Waals surface area contributed by atoms with Gasteiger partial charge in [0.2, 0.25) is 0 Å². The zero-order valence-corrected chi connectivity index (χ0v) is 13.7. The third-order valence-corrected chi connectivity index (χ3v) is 4.01. The van der Waals surface area contributed by atoms with Crippen molar-refractivity contribution < 1.29 is 24.2 Å². The smallest absolute Gasteiger partial charge is 0.308 e. The summed E-state index contributed by atoms with van der Waals surface area (Å²) in [7, 11) is 0. The van der Waals surface area contributed by atoms with Crippen LogP contribution in [0.15, 0.2) is 18.2 Å². The zero-order valence-electron chi connectivity index (χ0n) is 13.7. The van der Waals surface area contributed by atoms with Crippen LogP contribution < -0.4 is 9.47 Å². The molecule has 2 rings (SSSR count). The van der Waals surface area contributed by atoms with Crippen LogP contribution in [0.4, 0.5) is 0 Å². The number of nitrogens with zero attached hydrogens (tertiary/aromatic N) is 1. The van der Waals surface area contributed by atoms with Gasteiger partial charge in [-0.2, -0.15) is 0 Å². The summed E-state index contributed by atoms with van der Waals surface area (Å²) in [4.78, 5) is 25.4. The van der Waals surface area contributed by atoms with Gasteiger partial charge in [-0.25, -0.2) is 0 Å². The number of carbonyl (C=O) groups is 2. The van der Waals surface area contributed by atoms with Gasteiger partial charge in [0.15, 0.2) is 11.5 Å². The summed E-state index contributed by atoms with van der Waals surface area (Å²) in [5.41, 5.74) is 0.482. The monoisotopic (exact) mass is 321 g/mol. The highest BCUT2D eigenvalue weighted by Crippen LogP contribution is 2.30. The van der Waals surface area contributed by atoms with Crippen molar-refractivity contribution in [1.29, 1.82) is 0 Å². The molecule has 0 aliphatic carbocycles. The lowest BCUT2D eigenvalue weighted by molar-refractivity contribution is -0.142. The molecule has 126 valence electrons. The number of hydrogen-bond donors (Lipinski definition) is 1. The van der Waals surface area contributed by atoms with Gasteiger partial charge in [-0.1, -0.05) is 6.92 Å². The van der Waals surface area contributed by atoms with E-state index in [4.69, 9.17) is 9.47 Å². The summed E-state index contributed by atoms with van der Waals surface area (Å²) in [6, 6.07) is 5.07. The molecule has 1 fully saturated rings. The summed E-state index contributed by atoms with van der Waals surface area (Å²) in [5, 5.41) is 9.19. The van der Waals surface area contributed by atoms with Gasteiger partial charge >= 0.3 is 5.97 Å². The fourth-order valence-corrected chi connectivity index (χ4v) is 2.82. The van der Waals surface area contributed by atoms with Gasteiger partial charge in [-0.05, 0) is 38.0 Å². The molecule has 1 aromatic rings. The van der Waals surface area contributed by atoms with E-state index >= 15 is 0 Å². The molecule has 0 unspecified atom stereocenters. The number of benzene rings is 1. The SMILES string of the molecule is CCOc1ccc(C(=O)N2C[C@@H](C)[C@H](C(=O)O)C2)cc1OCC. The van der Waals surface area contributed by atoms with Crippen LogP contribution in [0.5, 0.6) is 11.5 Å². The van der Waals surface area contributed by atoms with E-state index in [0.717, 1.165) is 0 Å². The molecule has 6 nitrogen and oxygen atoms in total. The van der Waals surface area contributed by atoms with E-state index in [-0.39, 0.29) is 18.4 Å². The van der Waals surface area contributed by atoms with Crippen molar-refractivity contribution in [3.8, 4) is 11.5 Å². The summed E-state index contributed by atoms with van der Waals surface area (Å²) in [5.74, 6) is -0.455. The van der Waals surface area contributed by atoms with Crippen LogP contribution in [0.3, 0.4) is 0 Å². The first-order valence-electron chi connectivity index (χ1n) is 7.89. The molecule has 1 heterocycles. The Balaban J connectivity index is 2.19. The maximum atomic E-state index is 12.6. The molecule has 1 amide bonds. The van der Waals surface area contributed by atoms with Crippen molar-refractivity contribution in [1.82, 2.24) is 4.90 Å². The van der Waals surface area contributed by atoms with Crippen LogP contribution in [0, 0.1) is 11.8 Å². The molecular weight excluding hydrogens is 298 g/mol. The van der Waals surface area contributed by atoms with Crippen LogP contribution >= 0.6 is 0 Å². The highest BCUT2D eigenvalue weighted by Gasteiger charge is 2.37. The number of rotatable bonds is 6. The Labute approximate surface area is 136 Å². The van der Waals surface area contributed by atoms with Gasteiger partial charge in [0.25, 0.3) is 5.91 Å². The molecule has 1 aliphatic heterocycles. The van der Waals surface area contributed by atoms with E-state index in [1.54, 1.807) is 23.1 Å². The molecule has 0 bridgehead atoms. The minimum atomic E-state index is -0.852. The number of likely N-dealkylation sites (tertiary alicyclic amines) is 1. The second-order valence-electron chi connectivity index (χ2n) is 5.66. The second-order valence-corrected chi connectivity index (χ2v) is 5.66. The van der Waals surface area contributed by atoms with E-state index < -0.39 is 11.9 Å². The van der Waals surface area contributed by atoms with Crippen molar-refractivity contribution in [2.75, 3.05) is 26.3 Å². The minimum absolute atomic E-state index is 0.0505. The normalized spacial score (nSPS) is 20.4. The standard InChI is InChI=1S/C17H23NO5/c1-4-22-14-7-6-12(8-15(14)23-5-2)16(19)18-9-11(3)13(10-18)17(20)21/h6-8,11,13H,4-5,9-10H2,1-3H3,(H,20,21)/t11-,13-/m1/s1. The van der Waals surface area contributed by atoms with E-state index in [0.29, 0.717) is 36.8 Å². The Hall–Kier alpha value is -2.24. The summed E-state index contributed by atoms with van der Waals surface area (Å²) < 4.78 is 11.0. The van der Waals surface area contributed by atoms with Crippen molar-refractivity contribution in [2.45, 2.75) is 20.8 Å². The lowest BCUT2D eigenvalue weighted by Crippen LogP contribution is -2.29. The molecule has 0 spiro atoms. The number of hydrogen-bond acceptors (Lipinski definition) is 4. The number of ether oxygens (including phenoxy) is 2. The Morgan fingerprint density at radius 2 is 1.83 bits per heavy atom. The Kier molecular flexibility index (Phi) is 5.47. The number of carboxylic acids is 1. The molecule has 6 heteroatoms. The van der Waals surface area contributed by atoms with E-state index in [1.165, 1.54) is 0 Å². The minimum Gasteiger partial charge on any atom is -0.490 e. The van der Waals surface area contributed by atoms with Crippen LogP contribution in [-0.4, -0.2) is 48.2 Å². The van der Waals surface area contributed by atoms with Gasteiger partial charge in [0.1, 0.15) is 0 Å². The van der Waals surface area contributed by atoms with E-state index in [1.807, 2.05) is 20.8 Å². The van der Waals surface area contributed by atoms with E-state index in [2.05, 4.69) is 0 Å². The first kappa shape index (κ1) is 17.1. The topological polar surface area (TPSA) is 76.1 Å². The van der Waals surface area contributed by atoms with Gasteiger partial charge in [-0.15, -0.1) is 0 Å². The lowest BCUT2D eigenvalue weighted by Gasteiger charge is -2.17. The molecule has 23 heavy (non-hydrogen) atoms. The maximum absolute atomic E-state index is 12.6. The van der Waals surface area contributed by atoms with E-state index in [9.17, 15) is 14.7 Å². The number of carbonyl (C=O) groups excluding carboxylic acids is 1. The Morgan fingerprint density at radius 1 is 1.17 bits per heavy atom. The lowest BCUT2D eigenvalue weighted by atomic mass is 9.99. The molecule has 1 N–H and O–H groups in total. The summed E-state index contributed by atoms with van der Waals surface area (Å²) in [6.45, 7) is 7.28. The fraction of sp³-hybridized carbons (Fsp3) is 0.529. The zero-order chi connectivity index (χ0) is 17.0. The van der Waals surface area contributed by atoms with Crippen LogP contribution in [0.2, 0.25) is 0 Å². The number of amides is 1. The van der Waals surface area contributed by atoms with Crippen LogP contribution in [-0.2, 0) is 4.79 Å². The van der Waals surface area contributed by atoms with Crippen molar-refractivity contribution in [2.24, 2.45) is 11.8 Å². The van der Waals surface area contributed by atoms with Gasteiger partial charge in [-0.3, -0.25) is 9.59 Å². The van der Waals surface area contributed by atoms with Gasteiger partial charge in [0.05, 0.1) is 19.1 Å². The maximum Gasteiger partial charge on any atom is 0.308 e. The Morgan fingerprint density at radius 3 is 2.39 bits per heavy atom. The average molecular weight is 321 g/mol. The predicted octanol–water partition coefficient (Wildman–Crippen LogP) is 2.28. The molecule has 0 saturated carbocycles. The molecule has 2 atom stereocenters. The highest BCUT2D eigenvalue weighted by molar-refractivity contribution is 5.95. The molecule has 1 saturated heterocycles. The second kappa shape index (κ2) is 7.35. The largest absolute Gasteiger partial charge is 0.490 e. The fourth-order valence-electron chi connectivity index (χ4n) is 2.82. The summed E-state index contributed by atoms with van der Waals surface area (Å²) in [6.07, 6.45) is 0. The number of carboxylic acid groups (broad SMARTS) is 1. The predicted molar refractivity (Wildman–Crippen MR) is 85.0 cm³/mol. The van der Waals surface area contributed by atoms with Crippen molar-refractivity contribution in [3.63, 3.8) is 0 Å². The van der Waals surface area contributed by atoms with Crippen molar-refractivity contribution >= 4 is 11.9 Å². The van der Waals surface area contributed by atoms with Crippen LogP contribution in [0.1, 0.15) is 31.1 Å².